The summed E-state index contributed by atoms with van der Waals surface area (Å²) in [4.78, 5) is 16.7. The van der Waals surface area contributed by atoms with Gasteiger partial charge in [0.2, 0.25) is 0 Å². The molecular formula is C11H16ClN3O2. The van der Waals surface area contributed by atoms with Gasteiger partial charge in [0, 0.05) is 25.3 Å². The van der Waals surface area contributed by atoms with Crippen molar-refractivity contribution in [3.63, 3.8) is 0 Å². The van der Waals surface area contributed by atoms with Gasteiger partial charge in [0.05, 0.1) is 17.7 Å². The molecule has 1 aliphatic heterocycles. The number of rotatable bonds is 2. The first kappa shape index (κ1) is 12.4. The van der Waals surface area contributed by atoms with Crippen molar-refractivity contribution in [1.29, 1.82) is 0 Å². The van der Waals surface area contributed by atoms with Crippen molar-refractivity contribution in [3.05, 3.63) is 23.0 Å². The Bertz CT molecular complexity index is 405. The molecule has 1 aromatic rings. The third-order valence-corrected chi connectivity index (χ3v) is 3.06. The number of aromatic nitrogens is 1. The first-order valence-electron chi connectivity index (χ1n) is 5.58. The van der Waals surface area contributed by atoms with Crippen molar-refractivity contribution in [2.75, 3.05) is 19.7 Å². The number of carbonyl (C=O) groups excluding carboxylic acids is 1. The van der Waals surface area contributed by atoms with E-state index in [1.807, 2.05) is 6.92 Å². The molecule has 1 aromatic heterocycles. The van der Waals surface area contributed by atoms with Crippen LogP contribution in [0.25, 0.3) is 0 Å². The summed E-state index contributed by atoms with van der Waals surface area (Å²) < 4.78 is 5.51. The summed E-state index contributed by atoms with van der Waals surface area (Å²) >= 11 is 5.78. The fourth-order valence-corrected chi connectivity index (χ4v) is 2.00. The number of carbonyl (C=O) groups is 1. The van der Waals surface area contributed by atoms with Crippen molar-refractivity contribution in [3.8, 4) is 0 Å². The van der Waals surface area contributed by atoms with Gasteiger partial charge in [0.25, 0.3) is 5.91 Å². The highest BCUT2D eigenvalue weighted by Crippen LogP contribution is 2.14. The van der Waals surface area contributed by atoms with Crippen LogP contribution in [0, 0.1) is 0 Å². The molecule has 0 saturated carbocycles. The molecule has 6 heteroatoms. The Morgan fingerprint density at radius 2 is 2.53 bits per heavy atom. The van der Waals surface area contributed by atoms with E-state index in [9.17, 15) is 4.79 Å². The van der Waals surface area contributed by atoms with E-state index in [1.165, 1.54) is 0 Å². The van der Waals surface area contributed by atoms with Gasteiger partial charge in [0.1, 0.15) is 5.69 Å². The second-order valence-electron chi connectivity index (χ2n) is 4.25. The molecule has 1 aliphatic rings. The quantitative estimate of drug-likeness (QED) is 0.825. The number of morpholine rings is 1. The van der Waals surface area contributed by atoms with Crippen molar-refractivity contribution in [2.45, 2.75) is 19.1 Å². The van der Waals surface area contributed by atoms with Gasteiger partial charge in [-0.05, 0) is 13.0 Å². The highest BCUT2D eigenvalue weighted by molar-refractivity contribution is 6.30. The lowest BCUT2D eigenvalue weighted by Crippen LogP contribution is -2.51. The summed E-state index contributed by atoms with van der Waals surface area (Å²) in [5.41, 5.74) is 6.28. The summed E-state index contributed by atoms with van der Waals surface area (Å²) in [6.07, 6.45) is 1.50. The molecule has 2 rings (SSSR count). The predicted molar refractivity (Wildman–Crippen MR) is 65.1 cm³/mol. The average Bonchev–Trinajstić information content (AvgIpc) is 2.75. The average molecular weight is 258 g/mol. The molecule has 3 N–H and O–H groups in total. The Hall–Kier alpha value is -1.04. The zero-order valence-electron chi connectivity index (χ0n) is 9.65. The molecule has 5 nitrogen and oxygen atoms in total. The molecule has 0 aromatic carbocycles. The normalized spacial score (nSPS) is 22.5. The monoisotopic (exact) mass is 257 g/mol. The summed E-state index contributed by atoms with van der Waals surface area (Å²) in [5, 5.41) is 0.533. The molecule has 1 fully saturated rings. The maximum atomic E-state index is 12.1. The molecule has 2 heterocycles. The van der Waals surface area contributed by atoms with E-state index in [1.54, 1.807) is 17.2 Å². The number of amides is 1. The summed E-state index contributed by atoms with van der Waals surface area (Å²) in [6.45, 7) is 3.50. The van der Waals surface area contributed by atoms with E-state index in [4.69, 9.17) is 22.1 Å². The number of ether oxygens (including phenoxy) is 1. The van der Waals surface area contributed by atoms with E-state index in [0.717, 1.165) is 0 Å². The number of nitrogens with zero attached hydrogens (tertiary/aromatic N) is 1. The number of hydrogen-bond donors (Lipinski definition) is 2. The third kappa shape index (κ3) is 2.80. The van der Waals surface area contributed by atoms with E-state index in [-0.39, 0.29) is 18.1 Å². The van der Waals surface area contributed by atoms with Gasteiger partial charge in [-0.1, -0.05) is 11.6 Å². The lowest BCUT2D eigenvalue weighted by molar-refractivity contribution is -0.0301. The van der Waals surface area contributed by atoms with Gasteiger partial charge < -0.3 is 20.4 Å². The first-order chi connectivity index (χ1) is 8.08. The maximum absolute atomic E-state index is 12.1. The van der Waals surface area contributed by atoms with Crippen LogP contribution in [0.4, 0.5) is 0 Å². The lowest BCUT2D eigenvalue weighted by atomic mass is 10.1. The number of nitrogens with two attached hydrogens (primary N) is 1. The lowest BCUT2D eigenvalue weighted by Gasteiger charge is -2.34. The van der Waals surface area contributed by atoms with Gasteiger partial charge in [0.15, 0.2) is 0 Å². The fraction of sp³-hybridized carbons (Fsp3) is 0.545. The molecule has 2 unspecified atom stereocenters. The van der Waals surface area contributed by atoms with Crippen LogP contribution in [-0.2, 0) is 4.74 Å². The molecule has 0 bridgehead atoms. The molecule has 1 saturated heterocycles. The van der Waals surface area contributed by atoms with E-state index in [0.29, 0.717) is 30.4 Å². The second kappa shape index (κ2) is 5.08. The predicted octanol–water partition coefficient (Wildman–Crippen LogP) is 0.856. The molecule has 0 spiro atoms. The highest BCUT2D eigenvalue weighted by Gasteiger charge is 2.27. The zero-order valence-corrected chi connectivity index (χ0v) is 10.4. The fourth-order valence-electron chi connectivity index (χ4n) is 1.84. The summed E-state index contributed by atoms with van der Waals surface area (Å²) in [7, 11) is 0. The van der Waals surface area contributed by atoms with Crippen molar-refractivity contribution < 1.29 is 9.53 Å². The number of hydrogen-bond acceptors (Lipinski definition) is 3. The first-order valence-corrected chi connectivity index (χ1v) is 5.96. The molecule has 2 atom stereocenters. The molecule has 17 heavy (non-hydrogen) atoms. The Kier molecular flexibility index (Phi) is 3.71. The SMILES string of the molecule is CC(N)C1CN(C(=O)c2cc(Cl)c[nH]2)CCO1. The van der Waals surface area contributed by atoms with Crippen LogP contribution >= 0.6 is 11.6 Å². The minimum Gasteiger partial charge on any atom is -0.373 e. The van der Waals surface area contributed by atoms with Crippen LogP contribution in [-0.4, -0.2) is 47.6 Å². The second-order valence-corrected chi connectivity index (χ2v) is 4.69. The Morgan fingerprint density at radius 1 is 1.76 bits per heavy atom. The van der Waals surface area contributed by atoms with Crippen LogP contribution in [0.5, 0.6) is 0 Å². The van der Waals surface area contributed by atoms with E-state index >= 15 is 0 Å². The van der Waals surface area contributed by atoms with Crippen molar-refractivity contribution >= 4 is 17.5 Å². The van der Waals surface area contributed by atoms with Crippen LogP contribution in [0.1, 0.15) is 17.4 Å². The van der Waals surface area contributed by atoms with Crippen molar-refractivity contribution in [1.82, 2.24) is 9.88 Å². The number of nitrogens with one attached hydrogen (secondary N) is 1. The standard InChI is InChI=1S/C11H16ClN3O2/c1-7(13)10-6-15(2-3-17-10)11(16)9-4-8(12)5-14-9/h4-5,7,10,14H,2-3,6,13H2,1H3. The molecule has 1 amide bonds. The Morgan fingerprint density at radius 3 is 3.12 bits per heavy atom. The molecule has 0 radical (unpaired) electrons. The van der Waals surface area contributed by atoms with Crippen molar-refractivity contribution in [2.24, 2.45) is 5.73 Å². The van der Waals surface area contributed by atoms with Crippen LogP contribution in [0.2, 0.25) is 5.02 Å². The van der Waals surface area contributed by atoms with E-state index in [2.05, 4.69) is 4.98 Å². The van der Waals surface area contributed by atoms with Gasteiger partial charge in [-0.2, -0.15) is 0 Å². The Balaban J connectivity index is 2.04. The summed E-state index contributed by atoms with van der Waals surface area (Å²) in [6, 6.07) is 1.54. The van der Waals surface area contributed by atoms with Crippen LogP contribution < -0.4 is 5.73 Å². The van der Waals surface area contributed by atoms with Gasteiger partial charge in [-0.25, -0.2) is 0 Å². The number of halogens is 1. The largest absolute Gasteiger partial charge is 0.373 e. The highest BCUT2D eigenvalue weighted by atomic mass is 35.5. The van der Waals surface area contributed by atoms with Gasteiger partial charge in [-0.3, -0.25) is 4.79 Å². The molecule has 94 valence electrons. The van der Waals surface area contributed by atoms with Gasteiger partial charge in [-0.15, -0.1) is 0 Å². The van der Waals surface area contributed by atoms with E-state index < -0.39 is 0 Å². The number of H-pyrrole nitrogens is 1. The third-order valence-electron chi connectivity index (χ3n) is 2.85. The molecule has 0 aliphatic carbocycles. The van der Waals surface area contributed by atoms with Crippen LogP contribution in [0.3, 0.4) is 0 Å². The minimum atomic E-state index is -0.0989. The zero-order chi connectivity index (χ0) is 12.4. The molecular weight excluding hydrogens is 242 g/mol. The summed E-state index contributed by atoms with van der Waals surface area (Å²) in [5.74, 6) is -0.0640. The maximum Gasteiger partial charge on any atom is 0.270 e. The Labute approximate surface area is 105 Å². The van der Waals surface area contributed by atoms with Gasteiger partial charge >= 0.3 is 0 Å². The topological polar surface area (TPSA) is 71.3 Å². The number of aromatic amines is 1. The minimum absolute atomic E-state index is 0.0640. The smallest absolute Gasteiger partial charge is 0.270 e. The van der Waals surface area contributed by atoms with Crippen LogP contribution in [0.15, 0.2) is 12.3 Å².